The fraction of sp³-hybridized carbons (Fsp3) is 0.133. The fourth-order valence-corrected chi connectivity index (χ4v) is 2.31. The van der Waals surface area contributed by atoms with E-state index in [0.29, 0.717) is 11.6 Å². The lowest BCUT2D eigenvalue weighted by molar-refractivity contribution is 0.956. The van der Waals surface area contributed by atoms with Crippen molar-refractivity contribution < 1.29 is 0 Å². The summed E-state index contributed by atoms with van der Waals surface area (Å²) in [6, 6.07) is 9.57. The molecular formula is C15H13ClN4. The summed E-state index contributed by atoms with van der Waals surface area (Å²) in [5, 5.41) is 5.04. The van der Waals surface area contributed by atoms with Crippen molar-refractivity contribution >= 4 is 28.2 Å². The lowest BCUT2D eigenvalue weighted by Gasteiger charge is -2.09. The molecule has 0 atom stereocenters. The molecule has 100 valence electrons. The van der Waals surface area contributed by atoms with E-state index in [0.717, 1.165) is 28.1 Å². The number of hydrogen-bond donors (Lipinski definition) is 1. The molecular weight excluding hydrogens is 272 g/mol. The molecule has 0 saturated carbocycles. The van der Waals surface area contributed by atoms with E-state index in [2.05, 4.69) is 20.3 Å². The molecule has 1 aromatic carbocycles. The van der Waals surface area contributed by atoms with Crippen molar-refractivity contribution in [3.8, 4) is 0 Å². The zero-order chi connectivity index (χ0) is 13.9. The van der Waals surface area contributed by atoms with Crippen LogP contribution in [0.1, 0.15) is 11.5 Å². The topological polar surface area (TPSA) is 50.7 Å². The van der Waals surface area contributed by atoms with Crippen LogP contribution in [-0.2, 0) is 6.54 Å². The van der Waals surface area contributed by atoms with E-state index >= 15 is 0 Å². The van der Waals surface area contributed by atoms with E-state index in [-0.39, 0.29) is 0 Å². The van der Waals surface area contributed by atoms with Crippen LogP contribution in [0.3, 0.4) is 0 Å². The van der Waals surface area contributed by atoms with E-state index in [1.807, 2.05) is 37.3 Å². The van der Waals surface area contributed by atoms with E-state index < -0.39 is 0 Å². The van der Waals surface area contributed by atoms with E-state index in [4.69, 9.17) is 11.6 Å². The fourth-order valence-electron chi connectivity index (χ4n) is 2.08. The Morgan fingerprint density at radius 2 is 2.05 bits per heavy atom. The van der Waals surface area contributed by atoms with Crippen LogP contribution in [0.5, 0.6) is 0 Å². The van der Waals surface area contributed by atoms with Gasteiger partial charge in [-0.05, 0) is 31.2 Å². The molecule has 3 rings (SSSR count). The number of fused-ring (bicyclic) bond motifs is 1. The Kier molecular flexibility index (Phi) is 3.48. The van der Waals surface area contributed by atoms with Crippen LogP contribution in [-0.4, -0.2) is 15.0 Å². The second-order valence-electron chi connectivity index (χ2n) is 4.48. The minimum Gasteiger partial charge on any atom is -0.378 e. The zero-order valence-electron chi connectivity index (χ0n) is 11.0. The highest BCUT2D eigenvalue weighted by molar-refractivity contribution is 6.31. The molecule has 0 saturated heterocycles. The van der Waals surface area contributed by atoms with Gasteiger partial charge in [-0.1, -0.05) is 17.7 Å². The Morgan fingerprint density at radius 3 is 2.90 bits per heavy atom. The third-order valence-corrected chi connectivity index (χ3v) is 3.18. The summed E-state index contributed by atoms with van der Waals surface area (Å²) >= 11 is 6.14. The summed E-state index contributed by atoms with van der Waals surface area (Å²) in [6.07, 6.45) is 3.53. The molecule has 0 aliphatic heterocycles. The number of hydrogen-bond acceptors (Lipinski definition) is 4. The number of nitrogens with one attached hydrogen (secondary N) is 1. The van der Waals surface area contributed by atoms with Crippen molar-refractivity contribution in [3.05, 3.63) is 59.3 Å². The van der Waals surface area contributed by atoms with Gasteiger partial charge < -0.3 is 5.32 Å². The number of anilines is 1. The van der Waals surface area contributed by atoms with Crippen molar-refractivity contribution in [2.75, 3.05) is 5.32 Å². The van der Waals surface area contributed by atoms with Crippen molar-refractivity contribution in [2.24, 2.45) is 0 Å². The quantitative estimate of drug-likeness (QED) is 0.798. The molecule has 0 aliphatic carbocycles. The van der Waals surface area contributed by atoms with Gasteiger partial charge >= 0.3 is 0 Å². The van der Waals surface area contributed by atoms with Crippen molar-refractivity contribution in [1.29, 1.82) is 0 Å². The molecule has 0 fully saturated rings. The van der Waals surface area contributed by atoms with Crippen LogP contribution >= 0.6 is 11.6 Å². The maximum absolute atomic E-state index is 6.14. The Morgan fingerprint density at radius 1 is 1.15 bits per heavy atom. The van der Waals surface area contributed by atoms with Crippen LogP contribution in [0.2, 0.25) is 5.02 Å². The number of aromatic nitrogens is 3. The number of rotatable bonds is 3. The Balaban J connectivity index is 1.91. The van der Waals surface area contributed by atoms with Gasteiger partial charge in [0.1, 0.15) is 5.82 Å². The van der Waals surface area contributed by atoms with Crippen LogP contribution in [0, 0.1) is 6.92 Å². The first-order valence-electron chi connectivity index (χ1n) is 6.29. The first-order chi connectivity index (χ1) is 9.72. The Labute approximate surface area is 121 Å². The maximum Gasteiger partial charge on any atom is 0.125 e. The molecule has 2 aromatic heterocycles. The van der Waals surface area contributed by atoms with E-state index in [1.54, 1.807) is 12.4 Å². The normalized spacial score (nSPS) is 10.7. The lowest BCUT2D eigenvalue weighted by Crippen LogP contribution is -2.04. The standard InChI is InChI=1S/C15H13ClN4/c1-10-17-6-4-13(20-10)9-19-14-8-12(16)7-11-3-2-5-18-15(11)14/h2-8,19H,9H2,1H3. The molecule has 2 heterocycles. The first-order valence-corrected chi connectivity index (χ1v) is 6.67. The van der Waals surface area contributed by atoms with Gasteiger partial charge in [-0.25, -0.2) is 9.97 Å². The monoisotopic (exact) mass is 284 g/mol. The second-order valence-corrected chi connectivity index (χ2v) is 4.91. The summed E-state index contributed by atoms with van der Waals surface area (Å²) in [5.74, 6) is 0.762. The molecule has 4 nitrogen and oxygen atoms in total. The van der Waals surface area contributed by atoms with Gasteiger partial charge in [0.25, 0.3) is 0 Å². The molecule has 0 unspecified atom stereocenters. The number of nitrogens with zero attached hydrogens (tertiary/aromatic N) is 3. The summed E-state index contributed by atoms with van der Waals surface area (Å²) in [7, 11) is 0. The summed E-state index contributed by atoms with van der Waals surface area (Å²) in [4.78, 5) is 12.8. The predicted octanol–water partition coefficient (Wildman–Crippen LogP) is 3.60. The molecule has 0 amide bonds. The predicted molar refractivity (Wildman–Crippen MR) is 80.8 cm³/mol. The van der Waals surface area contributed by atoms with Gasteiger partial charge in [0, 0.05) is 22.8 Å². The van der Waals surface area contributed by atoms with Crippen molar-refractivity contribution in [2.45, 2.75) is 13.5 Å². The number of benzene rings is 1. The molecule has 0 radical (unpaired) electrons. The highest BCUT2D eigenvalue weighted by Gasteiger charge is 2.04. The van der Waals surface area contributed by atoms with E-state index in [9.17, 15) is 0 Å². The average molecular weight is 285 g/mol. The summed E-state index contributed by atoms with van der Waals surface area (Å²) in [6.45, 7) is 2.48. The number of halogens is 1. The molecule has 0 spiro atoms. The van der Waals surface area contributed by atoms with Crippen LogP contribution < -0.4 is 5.32 Å². The Bertz CT molecular complexity index is 758. The molecule has 0 bridgehead atoms. The van der Waals surface area contributed by atoms with Gasteiger partial charge in [0.15, 0.2) is 0 Å². The highest BCUT2D eigenvalue weighted by Crippen LogP contribution is 2.26. The van der Waals surface area contributed by atoms with Crippen molar-refractivity contribution in [1.82, 2.24) is 15.0 Å². The lowest BCUT2D eigenvalue weighted by atomic mass is 10.2. The third-order valence-electron chi connectivity index (χ3n) is 2.96. The summed E-state index contributed by atoms with van der Waals surface area (Å²) < 4.78 is 0. The largest absolute Gasteiger partial charge is 0.378 e. The minimum atomic E-state index is 0.607. The zero-order valence-corrected chi connectivity index (χ0v) is 11.7. The average Bonchev–Trinajstić information content (AvgIpc) is 2.44. The van der Waals surface area contributed by atoms with Crippen LogP contribution in [0.25, 0.3) is 10.9 Å². The highest BCUT2D eigenvalue weighted by atomic mass is 35.5. The van der Waals surface area contributed by atoms with Crippen LogP contribution in [0.4, 0.5) is 5.69 Å². The van der Waals surface area contributed by atoms with E-state index in [1.165, 1.54) is 0 Å². The van der Waals surface area contributed by atoms with Gasteiger partial charge in [-0.15, -0.1) is 0 Å². The van der Waals surface area contributed by atoms with Gasteiger partial charge in [0.05, 0.1) is 23.4 Å². The number of aryl methyl sites for hydroxylation is 1. The van der Waals surface area contributed by atoms with Crippen LogP contribution in [0.15, 0.2) is 42.7 Å². The maximum atomic E-state index is 6.14. The smallest absolute Gasteiger partial charge is 0.125 e. The molecule has 1 N–H and O–H groups in total. The molecule has 5 heteroatoms. The summed E-state index contributed by atoms with van der Waals surface area (Å²) in [5.41, 5.74) is 2.74. The van der Waals surface area contributed by atoms with Gasteiger partial charge in [-0.3, -0.25) is 4.98 Å². The van der Waals surface area contributed by atoms with Gasteiger partial charge in [0.2, 0.25) is 0 Å². The Hall–Kier alpha value is -2.20. The second kappa shape index (κ2) is 5.43. The number of pyridine rings is 1. The molecule has 20 heavy (non-hydrogen) atoms. The van der Waals surface area contributed by atoms with Gasteiger partial charge in [-0.2, -0.15) is 0 Å². The SMILES string of the molecule is Cc1nccc(CNc2cc(Cl)cc3cccnc23)n1. The van der Waals surface area contributed by atoms with Crippen molar-refractivity contribution in [3.63, 3.8) is 0 Å². The first kappa shape index (κ1) is 12.8. The third kappa shape index (κ3) is 2.70. The molecule has 3 aromatic rings. The minimum absolute atomic E-state index is 0.607. The molecule has 0 aliphatic rings.